The van der Waals surface area contributed by atoms with Crippen LogP contribution >= 0.6 is 0 Å². The summed E-state index contributed by atoms with van der Waals surface area (Å²) in [6.07, 6.45) is 2.43. The monoisotopic (exact) mass is 472 g/mol. The number of aryl methyl sites for hydroxylation is 2. The number of rotatable bonds is 8. The number of ether oxygens (including phenoxy) is 2. The van der Waals surface area contributed by atoms with E-state index in [1.807, 2.05) is 30.7 Å². The number of hydrogen-bond donors (Lipinski definition) is 0. The summed E-state index contributed by atoms with van der Waals surface area (Å²) in [5, 5.41) is 12.7. The minimum Gasteiger partial charge on any atom is -0.497 e. The Morgan fingerprint density at radius 2 is 1.77 bits per heavy atom. The van der Waals surface area contributed by atoms with Crippen molar-refractivity contribution in [1.82, 2.24) is 20.0 Å². The summed E-state index contributed by atoms with van der Waals surface area (Å²) in [5.74, 6) is 0.782. The molecule has 180 valence electrons. The Balaban J connectivity index is 1.39. The highest BCUT2D eigenvalue weighted by Crippen LogP contribution is 2.24. The van der Waals surface area contributed by atoms with Gasteiger partial charge in [-0.2, -0.15) is 5.10 Å². The minimum atomic E-state index is -0.696. The van der Waals surface area contributed by atoms with Crippen molar-refractivity contribution in [2.24, 2.45) is 0 Å². The molecule has 0 spiro atoms. The summed E-state index contributed by atoms with van der Waals surface area (Å²) in [5.41, 5.74) is 5.83. The summed E-state index contributed by atoms with van der Waals surface area (Å²) >= 11 is 0. The zero-order chi connectivity index (χ0) is 24.9. The Labute approximate surface area is 204 Å². The highest BCUT2D eigenvalue weighted by molar-refractivity contribution is 5.87. The summed E-state index contributed by atoms with van der Waals surface area (Å²) < 4.78 is 18.3. The van der Waals surface area contributed by atoms with Crippen LogP contribution in [0.4, 0.5) is 0 Å². The molecule has 35 heavy (non-hydrogen) atoms. The summed E-state index contributed by atoms with van der Waals surface area (Å²) in [6.45, 7) is 8.32. The second-order valence-corrected chi connectivity index (χ2v) is 8.31. The standard InChI is InChI=1S/C27H28N4O4/c1-17-6-8-21(9-7-17)16-31-19(3)24(18(2)30-31)14-15-25(32)34-20(4)26-28-29-27(35-26)22-10-12-23(33-5)13-11-22/h6-15,20H,16H2,1-5H3/b15-14+. The van der Waals surface area contributed by atoms with Gasteiger partial charge in [0.2, 0.25) is 5.89 Å². The fourth-order valence-corrected chi connectivity index (χ4v) is 3.64. The lowest BCUT2D eigenvalue weighted by Gasteiger charge is -2.07. The molecule has 2 aromatic heterocycles. The maximum atomic E-state index is 12.5. The number of methoxy groups -OCH3 is 1. The smallest absolute Gasteiger partial charge is 0.331 e. The molecule has 4 rings (SSSR count). The quantitative estimate of drug-likeness (QED) is 0.256. The fourth-order valence-electron chi connectivity index (χ4n) is 3.64. The van der Waals surface area contributed by atoms with Crippen LogP contribution in [0.25, 0.3) is 17.5 Å². The van der Waals surface area contributed by atoms with Crippen LogP contribution in [0.3, 0.4) is 0 Å². The summed E-state index contributed by atoms with van der Waals surface area (Å²) in [4.78, 5) is 12.5. The molecule has 4 aromatic rings. The molecule has 1 atom stereocenters. The van der Waals surface area contributed by atoms with Crippen LogP contribution in [0.2, 0.25) is 0 Å². The van der Waals surface area contributed by atoms with E-state index >= 15 is 0 Å². The first-order valence-electron chi connectivity index (χ1n) is 11.3. The molecule has 1 unspecified atom stereocenters. The predicted octanol–water partition coefficient (Wildman–Crippen LogP) is 5.23. The van der Waals surface area contributed by atoms with E-state index in [1.54, 1.807) is 32.2 Å². The number of esters is 1. The number of hydrogen-bond acceptors (Lipinski definition) is 7. The first-order chi connectivity index (χ1) is 16.8. The van der Waals surface area contributed by atoms with Gasteiger partial charge in [-0.3, -0.25) is 4.68 Å². The molecule has 2 aromatic carbocycles. The average molecular weight is 473 g/mol. The maximum absolute atomic E-state index is 12.5. The van der Waals surface area contributed by atoms with Crippen LogP contribution in [0.1, 0.15) is 47.0 Å². The van der Waals surface area contributed by atoms with Gasteiger partial charge in [-0.05, 0) is 63.6 Å². The fraction of sp³-hybridized carbons (Fsp3) is 0.259. The van der Waals surface area contributed by atoms with Crippen molar-refractivity contribution < 1.29 is 18.7 Å². The van der Waals surface area contributed by atoms with E-state index in [9.17, 15) is 4.79 Å². The van der Waals surface area contributed by atoms with E-state index < -0.39 is 12.1 Å². The van der Waals surface area contributed by atoms with Gasteiger partial charge in [-0.15, -0.1) is 10.2 Å². The molecule has 0 amide bonds. The third kappa shape index (κ3) is 5.66. The number of aromatic nitrogens is 4. The van der Waals surface area contributed by atoms with Crippen LogP contribution in [-0.4, -0.2) is 33.1 Å². The van der Waals surface area contributed by atoms with E-state index in [4.69, 9.17) is 13.9 Å². The molecule has 0 aliphatic carbocycles. The van der Waals surface area contributed by atoms with Crippen molar-refractivity contribution in [1.29, 1.82) is 0 Å². The number of nitrogens with zero attached hydrogens (tertiary/aromatic N) is 4. The lowest BCUT2D eigenvalue weighted by molar-refractivity contribution is -0.143. The largest absolute Gasteiger partial charge is 0.497 e. The highest BCUT2D eigenvalue weighted by atomic mass is 16.6. The SMILES string of the molecule is COc1ccc(-c2nnc(C(C)OC(=O)/C=C/c3c(C)nn(Cc4ccc(C)cc4)c3C)o2)cc1. The number of carbonyl (C=O) groups is 1. The van der Waals surface area contributed by atoms with E-state index in [-0.39, 0.29) is 5.89 Å². The molecule has 0 fully saturated rings. The second-order valence-electron chi connectivity index (χ2n) is 8.31. The van der Waals surface area contributed by atoms with Crippen LogP contribution in [0.15, 0.2) is 59.0 Å². The lowest BCUT2D eigenvalue weighted by atomic mass is 10.1. The molecular formula is C27H28N4O4. The zero-order valence-electron chi connectivity index (χ0n) is 20.5. The van der Waals surface area contributed by atoms with Gasteiger partial charge in [0, 0.05) is 22.9 Å². The minimum absolute atomic E-state index is 0.218. The van der Waals surface area contributed by atoms with E-state index in [2.05, 4.69) is 46.5 Å². The number of carbonyl (C=O) groups excluding carboxylic acids is 1. The molecule has 0 N–H and O–H groups in total. The molecule has 0 saturated heterocycles. The van der Waals surface area contributed by atoms with Gasteiger partial charge in [-0.1, -0.05) is 29.8 Å². The van der Waals surface area contributed by atoms with Crippen molar-refractivity contribution in [2.75, 3.05) is 7.11 Å². The molecule has 8 nitrogen and oxygen atoms in total. The summed E-state index contributed by atoms with van der Waals surface area (Å²) in [6, 6.07) is 15.6. The average Bonchev–Trinajstić information content (AvgIpc) is 3.44. The Morgan fingerprint density at radius 3 is 2.46 bits per heavy atom. The molecular weight excluding hydrogens is 444 g/mol. The molecule has 0 radical (unpaired) electrons. The van der Waals surface area contributed by atoms with Crippen molar-refractivity contribution in [3.05, 3.63) is 88.6 Å². The van der Waals surface area contributed by atoms with Gasteiger partial charge in [0.15, 0.2) is 6.10 Å². The third-order valence-electron chi connectivity index (χ3n) is 5.69. The van der Waals surface area contributed by atoms with Crippen molar-refractivity contribution in [3.63, 3.8) is 0 Å². The highest BCUT2D eigenvalue weighted by Gasteiger charge is 2.18. The molecule has 0 aliphatic rings. The second kappa shape index (κ2) is 10.4. The van der Waals surface area contributed by atoms with Crippen molar-refractivity contribution in [3.8, 4) is 17.2 Å². The topological polar surface area (TPSA) is 92.3 Å². The number of benzene rings is 2. The zero-order valence-corrected chi connectivity index (χ0v) is 20.5. The molecule has 0 saturated carbocycles. The van der Waals surface area contributed by atoms with Crippen molar-refractivity contribution in [2.45, 2.75) is 40.3 Å². The van der Waals surface area contributed by atoms with Gasteiger partial charge in [0.25, 0.3) is 5.89 Å². The molecule has 0 aliphatic heterocycles. The third-order valence-corrected chi connectivity index (χ3v) is 5.69. The molecule has 8 heteroatoms. The molecule has 0 bridgehead atoms. The Bertz CT molecular complexity index is 1330. The summed E-state index contributed by atoms with van der Waals surface area (Å²) in [7, 11) is 1.60. The first-order valence-corrected chi connectivity index (χ1v) is 11.3. The van der Waals surface area contributed by atoms with Crippen LogP contribution < -0.4 is 4.74 Å². The lowest BCUT2D eigenvalue weighted by Crippen LogP contribution is -2.06. The van der Waals surface area contributed by atoms with Gasteiger partial charge in [0.05, 0.1) is 19.3 Å². The van der Waals surface area contributed by atoms with E-state index in [0.29, 0.717) is 12.4 Å². The Hall–Kier alpha value is -4.20. The van der Waals surface area contributed by atoms with Gasteiger partial charge >= 0.3 is 5.97 Å². The van der Waals surface area contributed by atoms with E-state index in [0.717, 1.165) is 28.3 Å². The van der Waals surface area contributed by atoms with Crippen LogP contribution in [0.5, 0.6) is 5.75 Å². The van der Waals surface area contributed by atoms with E-state index in [1.165, 1.54) is 17.2 Å². The van der Waals surface area contributed by atoms with Gasteiger partial charge < -0.3 is 13.9 Å². The predicted molar refractivity (Wildman–Crippen MR) is 132 cm³/mol. The van der Waals surface area contributed by atoms with Gasteiger partial charge in [0.1, 0.15) is 5.75 Å². The van der Waals surface area contributed by atoms with Gasteiger partial charge in [-0.25, -0.2) is 4.79 Å². The van der Waals surface area contributed by atoms with Crippen LogP contribution in [0, 0.1) is 20.8 Å². The van der Waals surface area contributed by atoms with Crippen LogP contribution in [-0.2, 0) is 16.1 Å². The first kappa shape index (κ1) is 23.9. The van der Waals surface area contributed by atoms with Crippen molar-refractivity contribution >= 4 is 12.0 Å². The Kier molecular flexibility index (Phi) is 7.10. The maximum Gasteiger partial charge on any atom is 0.331 e. The normalized spacial score (nSPS) is 12.1. The Morgan fingerprint density at radius 1 is 1.06 bits per heavy atom. The molecule has 2 heterocycles.